The van der Waals surface area contributed by atoms with Gasteiger partial charge in [-0.25, -0.2) is 0 Å². The van der Waals surface area contributed by atoms with Gasteiger partial charge in [0, 0.05) is 23.4 Å². The second kappa shape index (κ2) is 8.51. The molecule has 0 aliphatic carbocycles. The van der Waals surface area contributed by atoms with E-state index in [1.165, 1.54) is 23.0 Å². The van der Waals surface area contributed by atoms with E-state index < -0.39 is 10.8 Å². The highest BCUT2D eigenvalue weighted by Crippen LogP contribution is 2.26. The number of non-ortho nitro benzene ring substituents is 1. The van der Waals surface area contributed by atoms with Gasteiger partial charge in [0.2, 0.25) is 0 Å². The van der Waals surface area contributed by atoms with Gasteiger partial charge >= 0.3 is 0 Å². The van der Waals surface area contributed by atoms with Gasteiger partial charge in [-0.2, -0.15) is 4.80 Å². The maximum Gasteiger partial charge on any atom is 0.291 e. The molecule has 0 spiro atoms. The lowest BCUT2D eigenvalue weighted by atomic mass is 10.1. The van der Waals surface area contributed by atoms with Crippen molar-refractivity contribution in [1.82, 2.24) is 15.0 Å². The lowest BCUT2D eigenvalue weighted by molar-refractivity contribution is -0.384. The zero-order valence-electron chi connectivity index (χ0n) is 17.8. The third-order valence-corrected chi connectivity index (χ3v) is 5.11. The number of rotatable bonds is 6. The number of amides is 1. The quantitative estimate of drug-likeness (QED) is 0.286. The molecule has 1 N–H and O–H groups in total. The topological polar surface area (TPSA) is 125 Å². The maximum atomic E-state index is 12.7. The van der Waals surface area contributed by atoms with Crippen molar-refractivity contribution in [2.45, 2.75) is 0 Å². The third-order valence-electron chi connectivity index (χ3n) is 5.11. The monoisotopic (exact) mass is 455 g/mol. The highest BCUT2D eigenvalue weighted by molar-refractivity contribution is 6.03. The minimum absolute atomic E-state index is 0.0594. The molecule has 1 amide bonds. The Balaban J connectivity index is 1.34. The van der Waals surface area contributed by atoms with Crippen molar-refractivity contribution in [2.24, 2.45) is 0 Å². The average Bonchev–Trinajstić information content (AvgIpc) is 3.52. The first kappa shape index (κ1) is 20.9. The Morgan fingerprint density at radius 1 is 1.00 bits per heavy atom. The smallest absolute Gasteiger partial charge is 0.291 e. The van der Waals surface area contributed by atoms with Crippen molar-refractivity contribution in [3.8, 4) is 22.8 Å². The van der Waals surface area contributed by atoms with Crippen molar-refractivity contribution in [3.05, 3.63) is 94.7 Å². The first-order chi connectivity index (χ1) is 16.5. The van der Waals surface area contributed by atoms with E-state index >= 15 is 0 Å². The summed E-state index contributed by atoms with van der Waals surface area (Å²) in [6.07, 6.45) is 0. The van der Waals surface area contributed by atoms with Gasteiger partial charge in [-0.1, -0.05) is 12.1 Å². The van der Waals surface area contributed by atoms with Crippen LogP contribution in [0.1, 0.15) is 10.6 Å². The Bertz CT molecular complexity index is 1520. The Hall–Kier alpha value is -4.99. The molecule has 0 atom stereocenters. The number of nitro groups is 1. The average molecular weight is 455 g/mol. The van der Waals surface area contributed by atoms with Crippen LogP contribution in [0.4, 0.5) is 11.4 Å². The molecule has 0 bridgehead atoms. The highest BCUT2D eigenvalue weighted by Gasteiger charge is 2.15. The van der Waals surface area contributed by atoms with Crippen LogP contribution in [-0.2, 0) is 0 Å². The van der Waals surface area contributed by atoms with E-state index in [4.69, 9.17) is 9.15 Å². The molecule has 0 aliphatic rings. The highest BCUT2D eigenvalue weighted by atomic mass is 16.6. The number of hydrogen-bond acceptors (Lipinski definition) is 7. The van der Waals surface area contributed by atoms with Crippen LogP contribution >= 0.6 is 0 Å². The second-order valence-electron chi connectivity index (χ2n) is 7.32. The van der Waals surface area contributed by atoms with Crippen LogP contribution in [0.5, 0.6) is 5.75 Å². The van der Waals surface area contributed by atoms with Gasteiger partial charge in [0.05, 0.1) is 17.7 Å². The van der Waals surface area contributed by atoms with E-state index in [1.807, 2.05) is 24.3 Å². The Morgan fingerprint density at radius 3 is 2.56 bits per heavy atom. The number of anilines is 1. The summed E-state index contributed by atoms with van der Waals surface area (Å²) < 4.78 is 10.8. The summed E-state index contributed by atoms with van der Waals surface area (Å²) in [6.45, 7) is 0. The molecule has 0 radical (unpaired) electrons. The molecule has 0 fully saturated rings. The predicted octanol–water partition coefficient (Wildman–Crippen LogP) is 4.85. The molecule has 168 valence electrons. The summed E-state index contributed by atoms with van der Waals surface area (Å²) in [5.74, 6) is 0.700. The fourth-order valence-electron chi connectivity index (χ4n) is 3.40. The van der Waals surface area contributed by atoms with E-state index in [1.54, 1.807) is 43.5 Å². The summed E-state index contributed by atoms with van der Waals surface area (Å²) >= 11 is 0. The summed E-state index contributed by atoms with van der Waals surface area (Å²) in [5.41, 5.74) is 3.00. The summed E-state index contributed by atoms with van der Waals surface area (Å²) in [4.78, 5) is 24.7. The molecule has 2 aromatic heterocycles. The van der Waals surface area contributed by atoms with E-state index in [0.717, 1.165) is 11.4 Å². The molecule has 0 aliphatic heterocycles. The van der Waals surface area contributed by atoms with Crippen LogP contribution in [0.25, 0.3) is 28.0 Å². The molecule has 5 rings (SSSR count). The van der Waals surface area contributed by atoms with Crippen molar-refractivity contribution in [1.29, 1.82) is 0 Å². The largest absolute Gasteiger partial charge is 0.497 e. The first-order valence-corrected chi connectivity index (χ1v) is 10.2. The number of hydrogen-bond donors (Lipinski definition) is 1. The fraction of sp³-hybridized carbons (Fsp3) is 0.0417. The minimum Gasteiger partial charge on any atom is -0.497 e. The zero-order valence-corrected chi connectivity index (χ0v) is 17.8. The second-order valence-corrected chi connectivity index (χ2v) is 7.32. The van der Waals surface area contributed by atoms with Gasteiger partial charge in [-0.05, 0) is 54.6 Å². The van der Waals surface area contributed by atoms with Gasteiger partial charge in [0.1, 0.15) is 22.5 Å². The van der Waals surface area contributed by atoms with Crippen LogP contribution in [-0.4, -0.2) is 32.9 Å². The molecule has 5 aromatic rings. The molecule has 10 nitrogen and oxygen atoms in total. The van der Waals surface area contributed by atoms with E-state index in [0.29, 0.717) is 28.0 Å². The number of benzene rings is 3. The van der Waals surface area contributed by atoms with Crippen molar-refractivity contribution in [2.75, 3.05) is 12.4 Å². The molecule has 34 heavy (non-hydrogen) atoms. The number of nitrogens with one attached hydrogen (secondary N) is 1. The molecule has 3 aromatic carbocycles. The number of carbonyl (C=O) groups is 1. The molecule has 0 unspecified atom stereocenters. The van der Waals surface area contributed by atoms with E-state index in [-0.39, 0.29) is 11.4 Å². The Morgan fingerprint density at radius 2 is 1.79 bits per heavy atom. The van der Waals surface area contributed by atoms with Crippen molar-refractivity contribution >= 4 is 28.3 Å². The summed E-state index contributed by atoms with van der Waals surface area (Å²) in [5, 5.41) is 22.7. The zero-order chi connectivity index (χ0) is 23.7. The number of furan rings is 1. The summed E-state index contributed by atoms with van der Waals surface area (Å²) in [6, 6.07) is 21.6. The van der Waals surface area contributed by atoms with Gasteiger partial charge < -0.3 is 14.5 Å². The number of methoxy groups -OCH3 is 1. The van der Waals surface area contributed by atoms with Crippen LogP contribution in [0.15, 0.2) is 83.3 Å². The van der Waals surface area contributed by atoms with E-state index in [2.05, 4.69) is 15.5 Å². The van der Waals surface area contributed by atoms with Crippen LogP contribution in [0.3, 0.4) is 0 Å². The molecular formula is C24H17N5O5. The lowest BCUT2D eigenvalue weighted by Gasteiger charge is -2.03. The van der Waals surface area contributed by atoms with E-state index in [9.17, 15) is 14.9 Å². The van der Waals surface area contributed by atoms with Crippen molar-refractivity contribution in [3.63, 3.8) is 0 Å². The standard InChI is InChI=1S/C24H17N5O5/c1-33-19-8-6-17(7-9-19)28-26-20-10-5-16(14-21(20)27-28)25-24(30)23-12-11-22(34-23)15-3-2-4-18(13-15)29(31)32/h2-14H,1H3,(H,25,30). The van der Waals surface area contributed by atoms with Crippen LogP contribution < -0.4 is 10.1 Å². The number of aromatic nitrogens is 3. The number of carbonyl (C=O) groups excluding carboxylic acids is 1. The molecule has 0 saturated heterocycles. The first-order valence-electron chi connectivity index (χ1n) is 10.2. The third kappa shape index (κ3) is 4.07. The summed E-state index contributed by atoms with van der Waals surface area (Å²) in [7, 11) is 1.60. The molecule has 10 heteroatoms. The van der Waals surface area contributed by atoms with Gasteiger partial charge in [0.25, 0.3) is 11.6 Å². The SMILES string of the molecule is COc1ccc(-n2nc3ccc(NC(=O)c4ccc(-c5cccc([N+](=O)[O-])c5)o4)cc3n2)cc1. The molecule has 2 heterocycles. The van der Waals surface area contributed by atoms with Crippen LogP contribution in [0.2, 0.25) is 0 Å². The Kier molecular flexibility index (Phi) is 5.23. The van der Waals surface area contributed by atoms with Gasteiger partial charge in [-0.3, -0.25) is 14.9 Å². The van der Waals surface area contributed by atoms with Gasteiger partial charge in [-0.15, -0.1) is 10.2 Å². The maximum absolute atomic E-state index is 12.7. The van der Waals surface area contributed by atoms with Crippen molar-refractivity contribution < 1.29 is 18.9 Å². The number of fused-ring (bicyclic) bond motifs is 1. The minimum atomic E-state index is -0.485. The van der Waals surface area contributed by atoms with Crippen LogP contribution in [0, 0.1) is 10.1 Å². The number of nitrogens with zero attached hydrogens (tertiary/aromatic N) is 4. The molecular weight excluding hydrogens is 438 g/mol. The lowest BCUT2D eigenvalue weighted by Crippen LogP contribution is -2.10. The predicted molar refractivity (Wildman–Crippen MR) is 124 cm³/mol. The number of ether oxygens (including phenoxy) is 1. The number of nitro benzene ring substituents is 1. The Labute approximate surface area is 192 Å². The normalized spacial score (nSPS) is 10.9. The molecule has 0 saturated carbocycles. The fourth-order valence-corrected chi connectivity index (χ4v) is 3.40. The van der Waals surface area contributed by atoms with Gasteiger partial charge in [0.15, 0.2) is 5.76 Å².